The van der Waals surface area contributed by atoms with Gasteiger partial charge in [0.2, 0.25) is 0 Å². The molecule has 0 bridgehead atoms. The van der Waals surface area contributed by atoms with Crippen molar-refractivity contribution in [3.63, 3.8) is 0 Å². The van der Waals surface area contributed by atoms with Crippen LogP contribution in [0.1, 0.15) is 0 Å². The molecule has 0 unspecified atom stereocenters. The van der Waals surface area contributed by atoms with Gasteiger partial charge in [-0.2, -0.15) is 0 Å². The summed E-state index contributed by atoms with van der Waals surface area (Å²) in [7, 11) is -3.89. The molecule has 1 heterocycles. The van der Waals surface area contributed by atoms with Gasteiger partial charge in [-0.1, -0.05) is 0 Å². The third kappa shape index (κ3) is 3.02. The first-order valence-electron chi connectivity index (χ1n) is 5.08. The summed E-state index contributed by atoms with van der Waals surface area (Å²) in [6, 6.07) is 6.21. The molecule has 0 aliphatic rings. The van der Waals surface area contributed by atoms with Crippen LogP contribution in [0, 0.1) is 5.82 Å². The average Bonchev–Trinajstić information content (AvgIpc) is 2.31. The predicted octanol–water partition coefficient (Wildman–Crippen LogP) is 2.37. The van der Waals surface area contributed by atoms with Crippen LogP contribution in [-0.2, 0) is 10.0 Å². The Morgan fingerprint density at radius 2 is 2.05 bits per heavy atom. The zero-order valence-electron chi connectivity index (χ0n) is 9.47. The van der Waals surface area contributed by atoms with Crippen molar-refractivity contribution in [1.82, 2.24) is 4.98 Å². The van der Waals surface area contributed by atoms with E-state index in [4.69, 9.17) is 5.73 Å². The van der Waals surface area contributed by atoms with Crippen LogP contribution in [0.3, 0.4) is 0 Å². The van der Waals surface area contributed by atoms with Crippen LogP contribution in [-0.4, -0.2) is 13.4 Å². The molecule has 0 saturated carbocycles. The summed E-state index contributed by atoms with van der Waals surface area (Å²) >= 11 is 3.12. The van der Waals surface area contributed by atoms with Gasteiger partial charge in [0, 0.05) is 6.20 Å². The number of hydrogen-bond donors (Lipinski definition) is 2. The smallest absolute Gasteiger partial charge is 0.264 e. The summed E-state index contributed by atoms with van der Waals surface area (Å²) in [4.78, 5) is 3.70. The van der Waals surface area contributed by atoms with E-state index in [2.05, 4.69) is 25.6 Å². The van der Waals surface area contributed by atoms with Crippen molar-refractivity contribution < 1.29 is 12.8 Å². The Labute approximate surface area is 117 Å². The Bertz CT molecular complexity index is 722. The van der Waals surface area contributed by atoms with E-state index < -0.39 is 15.8 Å². The fourth-order valence-corrected chi connectivity index (χ4v) is 3.09. The lowest BCUT2D eigenvalue weighted by Crippen LogP contribution is -2.15. The quantitative estimate of drug-likeness (QED) is 0.660. The van der Waals surface area contributed by atoms with Gasteiger partial charge < -0.3 is 5.73 Å². The number of nitrogens with two attached hydrogens (primary N) is 1. The Hall–Kier alpha value is -1.67. The number of hydrogen-bond acceptors (Lipinski definition) is 4. The number of nitrogens with zero attached hydrogens (tertiary/aromatic N) is 1. The van der Waals surface area contributed by atoms with E-state index in [1.807, 2.05) is 0 Å². The molecule has 5 nitrogen and oxygen atoms in total. The molecule has 19 heavy (non-hydrogen) atoms. The Morgan fingerprint density at radius 3 is 2.68 bits per heavy atom. The maximum absolute atomic E-state index is 12.9. The second kappa shape index (κ2) is 5.14. The molecule has 1 aromatic heterocycles. The van der Waals surface area contributed by atoms with Gasteiger partial charge in [0.05, 0.1) is 11.4 Å². The molecule has 3 N–H and O–H groups in total. The van der Waals surface area contributed by atoms with Gasteiger partial charge in [-0.15, -0.1) is 0 Å². The van der Waals surface area contributed by atoms with Crippen LogP contribution in [0.15, 0.2) is 46.0 Å². The van der Waals surface area contributed by atoms with Gasteiger partial charge in [-0.25, -0.2) is 17.8 Å². The van der Waals surface area contributed by atoms with E-state index in [-0.39, 0.29) is 16.3 Å². The molecule has 0 fully saturated rings. The van der Waals surface area contributed by atoms with Gasteiger partial charge in [-0.3, -0.25) is 4.72 Å². The van der Waals surface area contributed by atoms with Crippen molar-refractivity contribution in [2.75, 3.05) is 10.5 Å². The summed E-state index contributed by atoms with van der Waals surface area (Å²) in [5, 5.41) is 0. The molecular weight excluding hydrogens is 337 g/mol. The molecule has 0 aliphatic carbocycles. The summed E-state index contributed by atoms with van der Waals surface area (Å²) in [6.07, 6.45) is 1.51. The Balaban J connectivity index is 2.41. The van der Waals surface area contributed by atoms with Gasteiger partial charge >= 0.3 is 0 Å². The Morgan fingerprint density at radius 1 is 1.32 bits per heavy atom. The summed E-state index contributed by atoms with van der Waals surface area (Å²) in [6.45, 7) is 0. The molecule has 0 spiro atoms. The van der Waals surface area contributed by atoms with Crippen LogP contribution in [0.25, 0.3) is 0 Å². The third-order valence-corrected chi connectivity index (χ3v) is 4.34. The lowest BCUT2D eigenvalue weighted by molar-refractivity contribution is 0.600. The number of benzene rings is 1. The third-order valence-electron chi connectivity index (χ3n) is 2.26. The number of anilines is 2. The molecule has 2 rings (SSSR count). The minimum atomic E-state index is -3.89. The van der Waals surface area contributed by atoms with Gasteiger partial charge in [-0.05, 0) is 46.3 Å². The highest BCUT2D eigenvalue weighted by Crippen LogP contribution is 2.25. The highest BCUT2D eigenvalue weighted by molar-refractivity contribution is 9.10. The standard InChI is InChI=1S/C11H9BrFN3O2S/c12-11-9(2-1-5-15-11)16-19(17,18)10-4-3-7(13)6-8(10)14/h1-6,16H,14H2. The summed E-state index contributed by atoms with van der Waals surface area (Å²) < 4.78 is 39.8. The Kier molecular flexibility index (Phi) is 3.72. The van der Waals surface area contributed by atoms with E-state index in [0.29, 0.717) is 4.60 Å². The van der Waals surface area contributed by atoms with Gasteiger partial charge in [0.15, 0.2) is 0 Å². The minimum Gasteiger partial charge on any atom is -0.398 e. The van der Waals surface area contributed by atoms with E-state index in [0.717, 1.165) is 18.2 Å². The van der Waals surface area contributed by atoms with E-state index in [1.54, 1.807) is 6.07 Å². The maximum Gasteiger partial charge on any atom is 0.264 e. The zero-order chi connectivity index (χ0) is 14.0. The number of nitrogens with one attached hydrogen (secondary N) is 1. The van der Waals surface area contributed by atoms with E-state index in [9.17, 15) is 12.8 Å². The molecule has 0 radical (unpaired) electrons. The van der Waals surface area contributed by atoms with Crippen LogP contribution in [0.2, 0.25) is 0 Å². The number of rotatable bonds is 3. The topological polar surface area (TPSA) is 85.1 Å². The van der Waals surface area contributed by atoms with Crippen molar-refractivity contribution in [3.05, 3.63) is 46.9 Å². The summed E-state index contributed by atoms with van der Waals surface area (Å²) in [5.74, 6) is -0.598. The molecule has 0 amide bonds. The highest BCUT2D eigenvalue weighted by Gasteiger charge is 2.19. The molecular formula is C11H9BrFN3O2S. The van der Waals surface area contributed by atoms with Crippen LogP contribution in [0.4, 0.5) is 15.8 Å². The number of nitrogen functional groups attached to an aromatic ring is 1. The molecule has 0 saturated heterocycles. The lowest BCUT2D eigenvalue weighted by atomic mass is 10.3. The van der Waals surface area contributed by atoms with E-state index >= 15 is 0 Å². The van der Waals surface area contributed by atoms with Crippen LogP contribution >= 0.6 is 15.9 Å². The number of aromatic nitrogens is 1. The van der Waals surface area contributed by atoms with Gasteiger partial charge in [0.1, 0.15) is 15.3 Å². The van der Waals surface area contributed by atoms with E-state index in [1.165, 1.54) is 12.3 Å². The first kappa shape index (κ1) is 13.8. The second-order valence-corrected chi connectivity index (χ2v) is 6.03. The van der Waals surface area contributed by atoms with Crippen molar-refractivity contribution in [3.8, 4) is 0 Å². The molecule has 1 aromatic carbocycles. The average molecular weight is 346 g/mol. The van der Waals surface area contributed by atoms with Crippen LogP contribution < -0.4 is 10.5 Å². The number of halogens is 2. The highest BCUT2D eigenvalue weighted by atomic mass is 79.9. The van der Waals surface area contributed by atoms with Crippen molar-refractivity contribution in [1.29, 1.82) is 0 Å². The normalized spacial score (nSPS) is 11.3. The van der Waals surface area contributed by atoms with Gasteiger partial charge in [0.25, 0.3) is 10.0 Å². The predicted molar refractivity (Wildman–Crippen MR) is 73.6 cm³/mol. The number of pyridine rings is 1. The lowest BCUT2D eigenvalue weighted by Gasteiger charge is -2.10. The second-order valence-electron chi connectivity index (χ2n) is 3.63. The molecule has 8 heteroatoms. The van der Waals surface area contributed by atoms with Crippen molar-refractivity contribution in [2.45, 2.75) is 4.90 Å². The van der Waals surface area contributed by atoms with Crippen molar-refractivity contribution in [2.24, 2.45) is 0 Å². The molecule has 0 atom stereocenters. The number of sulfonamides is 1. The first-order valence-corrected chi connectivity index (χ1v) is 7.36. The SMILES string of the molecule is Nc1cc(F)ccc1S(=O)(=O)Nc1cccnc1Br. The minimum absolute atomic E-state index is 0.160. The summed E-state index contributed by atoms with van der Waals surface area (Å²) in [5.41, 5.74) is 5.62. The molecule has 2 aromatic rings. The fraction of sp³-hybridized carbons (Fsp3) is 0. The largest absolute Gasteiger partial charge is 0.398 e. The van der Waals surface area contributed by atoms with Crippen LogP contribution in [0.5, 0.6) is 0 Å². The van der Waals surface area contributed by atoms with Crippen molar-refractivity contribution >= 4 is 37.3 Å². The molecule has 100 valence electrons. The maximum atomic E-state index is 12.9. The zero-order valence-corrected chi connectivity index (χ0v) is 11.9. The monoisotopic (exact) mass is 345 g/mol. The first-order chi connectivity index (χ1) is 8.90. The fourth-order valence-electron chi connectivity index (χ4n) is 1.43. The molecule has 0 aliphatic heterocycles.